The van der Waals surface area contributed by atoms with Gasteiger partial charge in [0.2, 0.25) is 6.43 Å². The lowest BCUT2D eigenvalue weighted by molar-refractivity contribution is 0.0874. The van der Waals surface area contributed by atoms with Gasteiger partial charge in [-0.3, -0.25) is 0 Å². The van der Waals surface area contributed by atoms with Gasteiger partial charge in [-0.25, -0.2) is 13.6 Å². The maximum absolute atomic E-state index is 12.4. The Kier molecular flexibility index (Phi) is 5.69. The van der Waals surface area contributed by atoms with Gasteiger partial charge in [-0.05, 0) is 12.5 Å². The van der Waals surface area contributed by atoms with Crippen molar-refractivity contribution in [3.8, 4) is 0 Å². The van der Waals surface area contributed by atoms with Gasteiger partial charge in [0.15, 0.2) is 0 Å². The maximum Gasteiger partial charge on any atom is 0.407 e. The van der Waals surface area contributed by atoms with Gasteiger partial charge in [0.05, 0.1) is 5.54 Å². The number of ether oxygens (including phenoxy) is 1. The Morgan fingerprint density at radius 2 is 2.05 bits per heavy atom. The fraction of sp³-hybridized carbons (Fsp3) is 0.462. The van der Waals surface area contributed by atoms with Crippen LogP contribution in [0.3, 0.4) is 0 Å². The summed E-state index contributed by atoms with van der Waals surface area (Å²) in [6, 6.07) is 9.08. The van der Waals surface area contributed by atoms with Gasteiger partial charge >= 0.3 is 6.09 Å². The van der Waals surface area contributed by atoms with Crippen molar-refractivity contribution in [3.63, 3.8) is 0 Å². The van der Waals surface area contributed by atoms with Gasteiger partial charge in [-0.2, -0.15) is 0 Å². The highest BCUT2D eigenvalue weighted by Crippen LogP contribution is 2.14. The number of carbonyl (C=O) groups excluding carboxylic acids is 1. The van der Waals surface area contributed by atoms with Crippen LogP contribution in [-0.4, -0.2) is 24.6 Å². The number of hydrogen-bond donors (Lipinski definition) is 2. The van der Waals surface area contributed by atoms with E-state index >= 15 is 0 Å². The minimum absolute atomic E-state index is 0.0853. The summed E-state index contributed by atoms with van der Waals surface area (Å²) in [4.78, 5) is 11.5. The summed E-state index contributed by atoms with van der Waals surface area (Å²) in [5, 5.41) is 2.38. The SMILES string of the molecule is CC(CN)(CC(F)F)NC(=O)OCc1ccccc1. The summed E-state index contributed by atoms with van der Waals surface area (Å²) in [5.74, 6) is 0. The maximum atomic E-state index is 12.4. The normalized spacial score (nSPS) is 13.9. The third-order valence-corrected chi connectivity index (χ3v) is 2.67. The van der Waals surface area contributed by atoms with E-state index < -0.39 is 24.5 Å². The molecule has 1 amide bonds. The summed E-state index contributed by atoms with van der Waals surface area (Å²) < 4.78 is 29.7. The van der Waals surface area contributed by atoms with Crippen molar-refractivity contribution in [2.24, 2.45) is 5.73 Å². The van der Waals surface area contributed by atoms with Gasteiger partial charge in [0.1, 0.15) is 6.61 Å². The van der Waals surface area contributed by atoms with E-state index in [4.69, 9.17) is 10.5 Å². The molecule has 0 heterocycles. The van der Waals surface area contributed by atoms with Crippen LogP contribution in [0.25, 0.3) is 0 Å². The molecule has 0 fully saturated rings. The number of hydrogen-bond acceptors (Lipinski definition) is 3. The Balaban J connectivity index is 2.45. The molecule has 3 N–H and O–H groups in total. The third-order valence-electron chi connectivity index (χ3n) is 2.67. The van der Waals surface area contributed by atoms with Crippen LogP contribution in [0.15, 0.2) is 30.3 Å². The lowest BCUT2D eigenvalue weighted by Gasteiger charge is -2.28. The summed E-state index contributed by atoms with van der Waals surface area (Å²) in [6.45, 7) is 1.46. The molecule has 0 bridgehead atoms. The average Bonchev–Trinajstić information content (AvgIpc) is 2.36. The zero-order valence-corrected chi connectivity index (χ0v) is 10.7. The molecule has 19 heavy (non-hydrogen) atoms. The molecule has 0 spiro atoms. The van der Waals surface area contributed by atoms with E-state index in [0.717, 1.165) is 5.56 Å². The Hall–Kier alpha value is -1.69. The van der Waals surface area contributed by atoms with Gasteiger partial charge in [-0.15, -0.1) is 0 Å². The fourth-order valence-electron chi connectivity index (χ4n) is 1.53. The van der Waals surface area contributed by atoms with Crippen LogP contribution in [0.5, 0.6) is 0 Å². The molecule has 0 aliphatic rings. The number of carbonyl (C=O) groups is 1. The largest absolute Gasteiger partial charge is 0.445 e. The molecule has 0 saturated heterocycles. The second-order valence-electron chi connectivity index (χ2n) is 4.55. The van der Waals surface area contributed by atoms with Crippen molar-refractivity contribution < 1.29 is 18.3 Å². The summed E-state index contributed by atoms with van der Waals surface area (Å²) in [5.41, 5.74) is 5.06. The number of alkyl halides is 2. The molecule has 6 heteroatoms. The number of nitrogens with two attached hydrogens (primary N) is 1. The molecule has 1 atom stereocenters. The van der Waals surface area contributed by atoms with E-state index in [2.05, 4.69) is 5.32 Å². The van der Waals surface area contributed by atoms with E-state index in [9.17, 15) is 13.6 Å². The zero-order chi connectivity index (χ0) is 14.3. The average molecular weight is 272 g/mol. The van der Waals surface area contributed by atoms with Crippen molar-refractivity contribution in [2.75, 3.05) is 6.54 Å². The number of halogens is 2. The predicted octanol–water partition coefficient (Wildman–Crippen LogP) is 2.29. The second kappa shape index (κ2) is 7.04. The van der Waals surface area contributed by atoms with Crippen LogP contribution in [-0.2, 0) is 11.3 Å². The minimum atomic E-state index is -2.54. The molecule has 0 aromatic heterocycles. The van der Waals surface area contributed by atoms with Crippen LogP contribution >= 0.6 is 0 Å². The van der Waals surface area contributed by atoms with Gasteiger partial charge in [0.25, 0.3) is 0 Å². The molecule has 0 saturated carbocycles. The Labute approximate surface area is 110 Å². The topological polar surface area (TPSA) is 64.3 Å². The Morgan fingerprint density at radius 1 is 1.42 bits per heavy atom. The van der Waals surface area contributed by atoms with Crippen LogP contribution in [0.1, 0.15) is 18.9 Å². The van der Waals surface area contributed by atoms with Crippen molar-refractivity contribution in [1.82, 2.24) is 5.32 Å². The zero-order valence-electron chi connectivity index (χ0n) is 10.7. The predicted molar refractivity (Wildman–Crippen MR) is 67.8 cm³/mol. The van der Waals surface area contributed by atoms with E-state index in [0.29, 0.717) is 0 Å². The van der Waals surface area contributed by atoms with E-state index in [1.165, 1.54) is 6.92 Å². The molecular weight excluding hydrogens is 254 g/mol. The summed E-state index contributed by atoms with van der Waals surface area (Å²) in [6.07, 6.45) is -3.80. The first-order valence-corrected chi connectivity index (χ1v) is 5.92. The second-order valence-corrected chi connectivity index (χ2v) is 4.55. The van der Waals surface area contributed by atoms with E-state index in [1.54, 1.807) is 12.1 Å². The smallest absolute Gasteiger partial charge is 0.407 e. The standard InChI is InChI=1S/C13H18F2N2O2/c1-13(9-16,7-11(14)15)17-12(18)19-8-10-5-3-2-4-6-10/h2-6,11H,7-9,16H2,1H3,(H,17,18). The molecular formula is C13H18F2N2O2. The first-order valence-electron chi connectivity index (χ1n) is 5.92. The summed E-state index contributed by atoms with van der Waals surface area (Å²) >= 11 is 0. The molecule has 106 valence electrons. The van der Waals surface area contributed by atoms with Gasteiger partial charge in [0, 0.05) is 13.0 Å². The fourth-order valence-corrected chi connectivity index (χ4v) is 1.53. The molecule has 1 rings (SSSR count). The number of alkyl carbamates (subject to hydrolysis) is 1. The van der Waals surface area contributed by atoms with Crippen molar-refractivity contribution >= 4 is 6.09 Å². The van der Waals surface area contributed by atoms with Gasteiger partial charge < -0.3 is 15.8 Å². The molecule has 0 aliphatic carbocycles. The minimum Gasteiger partial charge on any atom is -0.445 e. The number of amides is 1. The molecule has 0 aliphatic heterocycles. The van der Waals surface area contributed by atoms with Gasteiger partial charge in [-0.1, -0.05) is 30.3 Å². The van der Waals surface area contributed by atoms with E-state index in [1.807, 2.05) is 18.2 Å². The number of rotatable bonds is 6. The highest BCUT2D eigenvalue weighted by atomic mass is 19.3. The van der Waals surface area contributed by atoms with E-state index in [-0.39, 0.29) is 13.2 Å². The van der Waals surface area contributed by atoms with Crippen molar-refractivity contribution in [1.29, 1.82) is 0 Å². The molecule has 1 unspecified atom stereocenters. The summed E-state index contributed by atoms with van der Waals surface area (Å²) in [7, 11) is 0. The van der Waals surface area contributed by atoms with Crippen molar-refractivity contribution in [2.45, 2.75) is 31.9 Å². The Bertz CT molecular complexity index is 401. The van der Waals surface area contributed by atoms with Crippen molar-refractivity contribution in [3.05, 3.63) is 35.9 Å². The highest BCUT2D eigenvalue weighted by molar-refractivity contribution is 5.68. The Morgan fingerprint density at radius 3 is 2.58 bits per heavy atom. The first kappa shape index (κ1) is 15.4. The molecule has 1 aromatic rings. The first-order chi connectivity index (χ1) is 8.95. The highest BCUT2D eigenvalue weighted by Gasteiger charge is 2.29. The monoisotopic (exact) mass is 272 g/mol. The molecule has 1 aromatic carbocycles. The number of benzene rings is 1. The van der Waals surface area contributed by atoms with Crippen LogP contribution in [0, 0.1) is 0 Å². The lowest BCUT2D eigenvalue weighted by atomic mass is 9.99. The number of nitrogens with one attached hydrogen (secondary N) is 1. The molecule has 0 radical (unpaired) electrons. The molecule has 4 nitrogen and oxygen atoms in total. The van der Waals surface area contributed by atoms with Crippen LogP contribution < -0.4 is 11.1 Å². The quantitative estimate of drug-likeness (QED) is 0.835. The van der Waals surface area contributed by atoms with Crippen LogP contribution in [0.2, 0.25) is 0 Å². The lowest BCUT2D eigenvalue weighted by Crippen LogP contribution is -2.52. The van der Waals surface area contributed by atoms with Crippen LogP contribution in [0.4, 0.5) is 13.6 Å². The third kappa shape index (κ3) is 5.65.